The summed E-state index contributed by atoms with van der Waals surface area (Å²) in [6.07, 6.45) is 83.4. The topological polar surface area (TPSA) is 108 Å². The zero-order valence-electron chi connectivity index (χ0n) is 54.7. The second-order valence-corrected chi connectivity index (χ2v) is 26.4. The zero-order valence-corrected chi connectivity index (χ0v) is 55.6. The van der Waals surface area contributed by atoms with Gasteiger partial charge in [-0.1, -0.05) is 325 Å². The number of quaternary nitrogens is 1. The van der Waals surface area contributed by atoms with Crippen LogP contribution in [0.25, 0.3) is 0 Å². The third kappa shape index (κ3) is 66.8. The number of hydrogen-bond acceptors (Lipinski definition) is 7. The quantitative estimate of drug-likeness (QED) is 0.0211. The minimum absolute atomic E-state index is 0.0286. The molecule has 2 unspecified atom stereocenters. The van der Waals surface area contributed by atoms with Gasteiger partial charge in [0, 0.05) is 12.8 Å². The number of carbonyl (C=O) groups excluding carboxylic acids is 2. The van der Waals surface area contributed by atoms with Gasteiger partial charge in [-0.3, -0.25) is 18.6 Å². The summed E-state index contributed by atoms with van der Waals surface area (Å²) in [7, 11) is 1.48. The molecule has 0 rings (SSSR count). The molecule has 0 saturated heterocycles. The van der Waals surface area contributed by atoms with Crippen molar-refractivity contribution in [2.75, 3.05) is 47.5 Å². The molecule has 0 aromatic heterocycles. The number of carbonyl (C=O) groups is 2. The molecule has 0 amide bonds. The number of allylic oxidation sites excluding steroid dienone is 10. The highest BCUT2D eigenvalue weighted by Gasteiger charge is 2.27. The molecule has 0 heterocycles. The monoisotopic (exact) mass is 1170 g/mol. The molecule has 0 spiro atoms. The third-order valence-corrected chi connectivity index (χ3v) is 16.5. The van der Waals surface area contributed by atoms with E-state index in [1.807, 2.05) is 21.1 Å². The summed E-state index contributed by atoms with van der Waals surface area (Å²) in [6, 6.07) is 0. The van der Waals surface area contributed by atoms with Crippen molar-refractivity contribution in [2.45, 2.75) is 341 Å². The number of likely N-dealkylation sites (N-methyl/N-ethyl adjacent to an activating group) is 1. The number of rotatable bonds is 65. The molecule has 0 fully saturated rings. The Balaban J connectivity index is 3.98. The molecule has 10 heteroatoms. The lowest BCUT2D eigenvalue weighted by molar-refractivity contribution is -0.870. The SMILES string of the molecule is CC/C=C\C/C=C\C/C=C\C/C=C\C/C=C\CCCCCCCCCC(=O)OC(COC(=O)CCCCCCCCCCCCCCCCCCCCCCCCCCCCCCCCCCCCC)COP(=O)(O)OCC[N+](C)(C)C. The van der Waals surface area contributed by atoms with Crippen LogP contribution >= 0.6 is 7.82 Å². The summed E-state index contributed by atoms with van der Waals surface area (Å²) in [5.74, 6) is -0.798. The molecule has 0 aliphatic carbocycles. The van der Waals surface area contributed by atoms with E-state index < -0.39 is 26.5 Å². The lowest BCUT2D eigenvalue weighted by Gasteiger charge is -2.24. The Morgan fingerprint density at radius 1 is 0.390 bits per heavy atom. The second-order valence-electron chi connectivity index (χ2n) is 24.9. The predicted octanol–water partition coefficient (Wildman–Crippen LogP) is 22.6. The third-order valence-electron chi connectivity index (χ3n) is 15.6. The average molecular weight is 1170 g/mol. The number of phosphoric ester groups is 1. The molecule has 480 valence electrons. The van der Waals surface area contributed by atoms with Crippen LogP contribution in [0, 0.1) is 0 Å². The fraction of sp³-hybridized carbons (Fsp3) is 0.833. The van der Waals surface area contributed by atoms with E-state index in [0.717, 1.165) is 77.0 Å². The Bertz CT molecular complexity index is 1570. The van der Waals surface area contributed by atoms with Crippen molar-refractivity contribution in [3.63, 3.8) is 0 Å². The molecule has 0 radical (unpaired) electrons. The smallest absolute Gasteiger partial charge is 0.462 e. The number of nitrogens with zero attached hydrogens (tertiary/aromatic N) is 1. The standard InChI is InChI=1S/C72H134NO8P/c1-6-8-10-12-14-16-18-20-22-24-26-28-30-31-32-33-34-35-36-37-38-39-40-41-43-44-46-48-50-52-54-56-58-60-62-64-71(74)78-68-70(69-80-82(76,77)79-67-66-73(3,4)5)81-72(75)65-63-61-59-57-55-53-51-49-47-45-42-29-27-25-23-21-19-17-15-13-11-9-7-2/h9,11,15,17,21,23,27,29,45,47,70H,6-8,10,12-14,16,18-20,22,24-26,28,30-44,46,48-69H2,1-5H3/p+1/b11-9-,17-15-,23-21-,29-27-,47-45-. The number of ether oxygens (including phenoxy) is 2. The summed E-state index contributed by atoms with van der Waals surface area (Å²) in [6.45, 7) is 4.36. The molecular formula is C72H135NO8P+. The highest BCUT2D eigenvalue weighted by molar-refractivity contribution is 7.47. The summed E-state index contributed by atoms with van der Waals surface area (Å²) >= 11 is 0. The van der Waals surface area contributed by atoms with Crippen LogP contribution < -0.4 is 0 Å². The molecule has 2 atom stereocenters. The molecule has 0 bridgehead atoms. The molecule has 0 saturated carbocycles. The lowest BCUT2D eigenvalue weighted by Crippen LogP contribution is -2.37. The molecular weight excluding hydrogens is 1040 g/mol. The number of esters is 2. The zero-order chi connectivity index (χ0) is 59.8. The molecule has 1 N–H and O–H groups in total. The molecule has 0 aromatic carbocycles. The van der Waals surface area contributed by atoms with Crippen LogP contribution in [0.2, 0.25) is 0 Å². The Morgan fingerprint density at radius 3 is 1.04 bits per heavy atom. The maximum absolute atomic E-state index is 12.9. The summed E-state index contributed by atoms with van der Waals surface area (Å²) in [4.78, 5) is 35.8. The number of phosphoric acid groups is 1. The van der Waals surface area contributed by atoms with E-state index in [1.165, 1.54) is 225 Å². The van der Waals surface area contributed by atoms with Gasteiger partial charge in [-0.2, -0.15) is 0 Å². The van der Waals surface area contributed by atoms with Crippen LogP contribution in [-0.4, -0.2) is 74.9 Å². The van der Waals surface area contributed by atoms with E-state index in [0.29, 0.717) is 17.4 Å². The van der Waals surface area contributed by atoms with Gasteiger partial charge in [0.15, 0.2) is 6.10 Å². The molecule has 0 aliphatic heterocycles. The van der Waals surface area contributed by atoms with E-state index in [1.54, 1.807) is 0 Å². The number of hydrogen-bond donors (Lipinski definition) is 1. The molecule has 0 aromatic rings. The van der Waals surface area contributed by atoms with Crippen LogP contribution in [0.5, 0.6) is 0 Å². The first-order chi connectivity index (χ1) is 40.0. The summed E-state index contributed by atoms with van der Waals surface area (Å²) < 4.78 is 34.7. The van der Waals surface area contributed by atoms with E-state index >= 15 is 0 Å². The van der Waals surface area contributed by atoms with Gasteiger partial charge in [-0.25, -0.2) is 4.57 Å². The van der Waals surface area contributed by atoms with Crippen molar-refractivity contribution in [1.82, 2.24) is 0 Å². The maximum Gasteiger partial charge on any atom is 0.472 e. The van der Waals surface area contributed by atoms with Gasteiger partial charge >= 0.3 is 19.8 Å². The van der Waals surface area contributed by atoms with Crippen molar-refractivity contribution in [3.8, 4) is 0 Å². The first-order valence-corrected chi connectivity index (χ1v) is 36.5. The van der Waals surface area contributed by atoms with Gasteiger partial charge in [0.1, 0.15) is 19.8 Å². The highest BCUT2D eigenvalue weighted by atomic mass is 31.2. The minimum Gasteiger partial charge on any atom is -0.462 e. The van der Waals surface area contributed by atoms with Gasteiger partial charge in [0.05, 0.1) is 27.7 Å². The summed E-state index contributed by atoms with van der Waals surface area (Å²) in [5.41, 5.74) is 0. The van der Waals surface area contributed by atoms with Crippen LogP contribution in [0.15, 0.2) is 60.8 Å². The Morgan fingerprint density at radius 2 is 0.695 bits per heavy atom. The van der Waals surface area contributed by atoms with Gasteiger partial charge in [0.25, 0.3) is 0 Å². The molecule has 82 heavy (non-hydrogen) atoms. The van der Waals surface area contributed by atoms with E-state index in [2.05, 4.69) is 74.6 Å². The van der Waals surface area contributed by atoms with Gasteiger partial charge in [-0.05, 0) is 57.8 Å². The largest absolute Gasteiger partial charge is 0.472 e. The summed E-state index contributed by atoms with van der Waals surface area (Å²) in [5, 5.41) is 0. The number of unbranched alkanes of at least 4 members (excludes halogenated alkanes) is 41. The Labute approximate surface area is 508 Å². The van der Waals surface area contributed by atoms with Crippen molar-refractivity contribution in [3.05, 3.63) is 60.8 Å². The fourth-order valence-electron chi connectivity index (χ4n) is 10.2. The molecule has 9 nitrogen and oxygen atoms in total. The van der Waals surface area contributed by atoms with Crippen LogP contribution in [0.1, 0.15) is 335 Å². The Hall–Kier alpha value is -2.29. The van der Waals surface area contributed by atoms with Gasteiger partial charge in [0.2, 0.25) is 0 Å². The lowest BCUT2D eigenvalue weighted by atomic mass is 10.0. The van der Waals surface area contributed by atoms with Crippen molar-refractivity contribution < 1.29 is 42.1 Å². The van der Waals surface area contributed by atoms with Crippen LogP contribution in [0.3, 0.4) is 0 Å². The van der Waals surface area contributed by atoms with E-state index in [4.69, 9.17) is 18.5 Å². The first-order valence-electron chi connectivity index (χ1n) is 35.0. The van der Waals surface area contributed by atoms with E-state index in [9.17, 15) is 19.0 Å². The minimum atomic E-state index is -4.40. The van der Waals surface area contributed by atoms with Crippen molar-refractivity contribution in [1.29, 1.82) is 0 Å². The second kappa shape index (κ2) is 63.2. The Kier molecular flexibility index (Phi) is 61.5. The highest BCUT2D eigenvalue weighted by Crippen LogP contribution is 2.43. The van der Waals surface area contributed by atoms with Crippen molar-refractivity contribution >= 4 is 19.8 Å². The fourth-order valence-corrected chi connectivity index (χ4v) is 11.0. The first kappa shape index (κ1) is 79.7. The maximum atomic E-state index is 12.9. The van der Waals surface area contributed by atoms with Crippen LogP contribution in [0.4, 0.5) is 0 Å². The predicted molar refractivity (Wildman–Crippen MR) is 353 cm³/mol. The van der Waals surface area contributed by atoms with Crippen LogP contribution in [-0.2, 0) is 32.7 Å². The van der Waals surface area contributed by atoms with E-state index in [-0.39, 0.29) is 32.0 Å². The average Bonchev–Trinajstić information content (AvgIpc) is 3.46. The van der Waals surface area contributed by atoms with Gasteiger partial charge in [-0.15, -0.1) is 0 Å². The molecule has 0 aliphatic rings. The van der Waals surface area contributed by atoms with Gasteiger partial charge < -0.3 is 18.9 Å². The normalized spacial score (nSPS) is 13.5. The van der Waals surface area contributed by atoms with Crippen molar-refractivity contribution in [2.24, 2.45) is 0 Å².